The van der Waals surface area contributed by atoms with Crippen LogP contribution in [0, 0.1) is 0 Å². The lowest BCUT2D eigenvalue weighted by Gasteiger charge is -2.01. The van der Waals surface area contributed by atoms with Gasteiger partial charge in [0, 0.05) is 70.5 Å². The number of carbonyl (C=O) groups is 9. The molecular weight excluding hydrogens is 576 g/mol. The maximum atomic E-state index is 9.85. The fraction of sp³-hybridized carbons (Fsp3) is 0.526. The summed E-state index contributed by atoms with van der Waals surface area (Å²) < 4.78 is 0. The molecular formula is C19H44N10O13. The minimum absolute atomic E-state index is 0.407. The number of primary amides is 5. The first kappa shape index (κ1) is 52.6. The molecule has 0 aromatic heterocycles. The molecule has 42 heavy (non-hydrogen) atoms. The van der Waals surface area contributed by atoms with Crippen LogP contribution in [0.3, 0.4) is 0 Å². The fourth-order valence-corrected chi connectivity index (χ4v) is 0. The number of nitrogens with two attached hydrogens (primary N) is 5. The van der Waals surface area contributed by atoms with Crippen molar-refractivity contribution in [3.05, 3.63) is 0 Å². The van der Waals surface area contributed by atoms with Crippen LogP contribution in [0.2, 0.25) is 0 Å². The summed E-state index contributed by atoms with van der Waals surface area (Å²) in [6.45, 7) is 0. The molecule has 0 heterocycles. The summed E-state index contributed by atoms with van der Waals surface area (Å²) in [6.07, 6.45) is 0. The number of amides is 10. The molecule has 0 aromatic rings. The third-order valence-electron chi connectivity index (χ3n) is 2.57. The van der Waals surface area contributed by atoms with Crippen molar-refractivity contribution in [3.8, 4) is 0 Å². The molecule has 0 saturated carbocycles. The zero-order valence-electron chi connectivity index (χ0n) is 25.1. The Morgan fingerprint density at radius 2 is 0.357 bits per heavy atom. The van der Waals surface area contributed by atoms with Crippen molar-refractivity contribution in [1.29, 1.82) is 0 Å². The van der Waals surface area contributed by atoms with E-state index in [0.29, 0.717) is 0 Å². The second-order valence-corrected chi connectivity index (χ2v) is 7.38. The molecule has 23 nitrogen and oxygen atoms in total. The predicted octanol–water partition coefficient (Wildman–Crippen LogP) is -3.56. The van der Waals surface area contributed by atoms with Crippen molar-refractivity contribution in [2.24, 2.45) is 28.7 Å². The SMILES string of the molecule is CN(C)C(N)=O.CN(C)C(N)=O.CN(C)C(N)=O.CN(C)C(N)=O.CN(C)C(N)=O.O=C(O)C(=O)O.O=C(O)C(=O)O. The van der Waals surface area contributed by atoms with E-state index in [9.17, 15) is 24.0 Å². The van der Waals surface area contributed by atoms with E-state index in [1.165, 1.54) is 24.5 Å². The van der Waals surface area contributed by atoms with E-state index in [2.05, 4.69) is 0 Å². The van der Waals surface area contributed by atoms with Gasteiger partial charge in [0.05, 0.1) is 0 Å². The van der Waals surface area contributed by atoms with Crippen LogP contribution in [0.15, 0.2) is 0 Å². The van der Waals surface area contributed by atoms with Gasteiger partial charge >= 0.3 is 54.0 Å². The maximum absolute atomic E-state index is 9.85. The Bertz CT molecular complexity index is 709. The number of nitrogens with zero attached hydrogens (tertiary/aromatic N) is 5. The summed E-state index contributed by atoms with van der Waals surface area (Å²) in [7, 11) is 16.0. The van der Waals surface area contributed by atoms with Gasteiger partial charge in [-0.25, -0.2) is 43.2 Å². The zero-order valence-corrected chi connectivity index (χ0v) is 25.1. The summed E-state index contributed by atoms with van der Waals surface area (Å²) >= 11 is 0. The van der Waals surface area contributed by atoms with Gasteiger partial charge in [0.2, 0.25) is 0 Å². The van der Waals surface area contributed by atoms with E-state index in [4.69, 9.17) is 68.3 Å². The van der Waals surface area contributed by atoms with Crippen LogP contribution in [0.4, 0.5) is 24.0 Å². The molecule has 0 aliphatic carbocycles. The van der Waals surface area contributed by atoms with Crippen LogP contribution < -0.4 is 28.7 Å². The van der Waals surface area contributed by atoms with Crippen LogP contribution in [0.5, 0.6) is 0 Å². The maximum Gasteiger partial charge on any atom is 0.414 e. The van der Waals surface area contributed by atoms with E-state index >= 15 is 0 Å². The van der Waals surface area contributed by atoms with Crippen molar-refractivity contribution >= 4 is 54.0 Å². The van der Waals surface area contributed by atoms with Gasteiger partial charge in [-0.2, -0.15) is 0 Å². The summed E-state index contributed by atoms with van der Waals surface area (Å²) in [5, 5.41) is 29.6. The third-order valence-corrected chi connectivity index (χ3v) is 2.57. The average Bonchev–Trinajstić information content (AvgIpc) is 2.80. The first-order chi connectivity index (χ1) is 18.5. The highest BCUT2D eigenvalue weighted by atomic mass is 16.4. The number of carboxylic acid groups (broad SMARTS) is 4. The molecule has 0 radical (unpaired) electrons. The lowest BCUT2D eigenvalue weighted by atomic mass is 10.7. The molecule has 0 rings (SSSR count). The van der Waals surface area contributed by atoms with Crippen LogP contribution in [0.1, 0.15) is 0 Å². The number of hydrogen-bond donors (Lipinski definition) is 9. The lowest BCUT2D eigenvalue weighted by molar-refractivity contribution is -0.159. The summed E-state index contributed by atoms with van der Waals surface area (Å²) in [5.41, 5.74) is 23.6. The summed E-state index contributed by atoms with van der Waals surface area (Å²) in [6, 6.07) is -2.04. The molecule has 0 aliphatic heterocycles. The summed E-state index contributed by atoms with van der Waals surface area (Å²) in [4.78, 5) is 92.2. The Morgan fingerprint density at radius 1 is 0.310 bits per heavy atom. The van der Waals surface area contributed by atoms with Crippen molar-refractivity contribution in [1.82, 2.24) is 24.5 Å². The highest BCUT2D eigenvalue weighted by Gasteiger charge is 2.04. The number of hydrogen-bond acceptors (Lipinski definition) is 9. The average molecular weight is 621 g/mol. The molecule has 23 heteroatoms. The van der Waals surface area contributed by atoms with E-state index in [1.54, 1.807) is 70.5 Å². The van der Waals surface area contributed by atoms with Gasteiger partial charge in [-0.1, -0.05) is 0 Å². The molecule has 248 valence electrons. The topological polar surface area (TPSA) is 381 Å². The predicted molar refractivity (Wildman–Crippen MR) is 147 cm³/mol. The fourth-order valence-electron chi connectivity index (χ4n) is 0. The standard InChI is InChI=1S/5C3H8N2O.2C2H2O4/c5*1-5(2)3(4)6;2*3-1(4)2(5)6/h5*1-2H3,(H2,4,6);2*(H,3,4)(H,5,6). The molecule has 0 aliphatic rings. The number of urea groups is 5. The van der Waals surface area contributed by atoms with E-state index in [0.717, 1.165) is 0 Å². The van der Waals surface area contributed by atoms with Crippen molar-refractivity contribution in [2.75, 3.05) is 70.5 Å². The van der Waals surface area contributed by atoms with Gasteiger partial charge in [0.1, 0.15) is 0 Å². The number of carbonyl (C=O) groups excluding carboxylic acids is 5. The lowest BCUT2D eigenvalue weighted by Crippen LogP contribution is -2.27. The minimum Gasteiger partial charge on any atom is -0.473 e. The second kappa shape index (κ2) is 31.4. The van der Waals surface area contributed by atoms with Gasteiger partial charge in [-0.05, 0) is 0 Å². The smallest absolute Gasteiger partial charge is 0.414 e. The van der Waals surface area contributed by atoms with Crippen molar-refractivity contribution < 1.29 is 63.6 Å². The Balaban J connectivity index is -0.0000000681. The highest BCUT2D eigenvalue weighted by Crippen LogP contribution is 1.68. The second-order valence-electron chi connectivity index (χ2n) is 7.38. The quantitative estimate of drug-likeness (QED) is 0.119. The minimum atomic E-state index is -1.82. The van der Waals surface area contributed by atoms with Crippen LogP contribution in [0.25, 0.3) is 0 Å². The number of aliphatic carboxylic acids is 4. The van der Waals surface area contributed by atoms with Crippen molar-refractivity contribution in [2.45, 2.75) is 0 Å². The van der Waals surface area contributed by atoms with Gasteiger partial charge in [0.25, 0.3) is 0 Å². The van der Waals surface area contributed by atoms with Gasteiger partial charge < -0.3 is 73.6 Å². The Hall–Kier alpha value is -5.77. The van der Waals surface area contributed by atoms with Crippen molar-refractivity contribution in [3.63, 3.8) is 0 Å². The summed E-state index contributed by atoms with van der Waals surface area (Å²) in [5.74, 6) is -7.30. The molecule has 0 atom stereocenters. The first-order valence-corrected chi connectivity index (χ1v) is 10.3. The molecule has 10 amide bonds. The number of carboxylic acids is 4. The molecule has 0 bridgehead atoms. The Kier molecular flexibility index (Phi) is 39.4. The molecule has 0 spiro atoms. The highest BCUT2D eigenvalue weighted by molar-refractivity contribution is 6.27. The van der Waals surface area contributed by atoms with Gasteiger partial charge in [-0.3, -0.25) is 0 Å². The Morgan fingerprint density at radius 3 is 0.357 bits per heavy atom. The van der Waals surface area contributed by atoms with E-state index in [-0.39, 0.29) is 0 Å². The normalized spacial score (nSPS) is 7.57. The Labute approximate surface area is 241 Å². The molecule has 0 aromatic carbocycles. The van der Waals surface area contributed by atoms with E-state index in [1.807, 2.05) is 0 Å². The molecule has 14 N–H and O–H groups in total. The first-order valence-electron chi connectivity index (χ1n) is 10.3. The van der Waals surface area contributed by atoms with Gasteiger partial charge in [0.15, 0.2) is 0 Å². The van der Waals surface area contributed by atoms with Crippen LogP contribution in [-0.4, -0.2) is 169 Å². The van der Waals surface area contributed by atoms with Gasteiger partial charge in [-0.15, -0.1) is 0 Å². The molecule has 0 unspecified atom stereocenters. The van der Waals surface area contributed by atoms with Crippen LogP contribution in [-0.2, 0) is 19.2 Å². The molecule has 0 fully saturated rings. The monoisotopic (exact) mass is 620 g/mol. The third kappa shape index (κ3) is 76.5. The van der Waals surface area contributed by atoms with E-state index < -0.39 is 54.0 Å². The van der Waals surface area contributed by atoms with Crippen LogP contribution >= 0.6 is 0 Å². The molecule has 0 saturated heterocycles. The number of rotatable bonds is 0. The largest absolute Gasteiger partial charge is 0.473 e. The zero-order chi connectivity index (χ0) is 36.1.